The molecule has 0 aliphatic heterocycles. The number of hydrogen-bond donors (Lipinski definition) is 1. The molecule has 0 aliphatic carbocycles. The predicted molar refractivity (Wildman–Crippen MR) is 92.5 cm³/mol. The highest BCUT2D eigenvalue weighted by Crippen LogP contribution is 2.13. The topological polar surface area (TPSA) is 62.6 Å². The van der Waals surface area contributed by atoms with Crippen LogP contribution < -0.4 is 5.32 Å². The van der Waals surface area contributed by atoms with Gasteiger partial charge in [-0.05, 0) is 25.0 Å². The van der Waals surface area contributed by atoms with Crippen molar-refractivity contribution in [2.75, 3.05) is 13.1 Å². The van der Waals surface area contributed by atoms with E-state index in [2.05, 4.69) is 5.32 Å². The number of amides is 2. The largest absolute Gasteiger partial charge is 0.469 e. The van der Waals surface area contributed by atoms with E-state index in [0.717, 1.165) is 12.0 Å². The zero-order valence-electron chi connectivity index (χ0n) is 14.2. The summed E-state index contributed by atoms with van der Waals surface area (Å²) in [5.74, 6) is 0.463. The summed E-state index contributed by atoms with van der Waals surface area (Å²) < 4.78 is 5.20. The van der Waals surface area contributed by atoms with Crippen LogP contribution in [0.5, 0.6) is 0 Å². The Kier molecular flexibility index (Phi) is 6.61. The van der Waals surface area contributed by atoms with Crippen molar-refractivity contribution in [1.82, 2.24) is 10.2 Å². The number of rotatable bonds is 8. The van der Waals surface area contributed by atoms with Gasteiger partial charge in [-0.2, -0.15) is 0 Å². The predicted octanol–water partition coefficient (Wildman–Crippen LogP) is 3.15. The first-order valence-electron chi connectivity index (χ1n) is 8.25. The smallest absolute Gasteiger partial charge is 0.257 e. The number of nitrogens with one attached hydrogen (secondary N) is 1. The lowest BCUT2D eigenvalue weighted by atomic mass is 10.2. The van der Waals surface area contributed by atoms with Crippen LogP contribution in [-0.4, -0.2) is 29.8 Å². The molecule has 1 N–H and O–H groups in total. The molecule has 0 radical (unpaired) electrons. The average Bonchev–Trinajstić information content (AvgIpc) is 3.03. The summed E-state index contributed by atoms with van der Waals surface area (Å²) in [6, 6.07) is 11.4. The van der Waals surface area contributed by atoms with Crippen LogP contribution in [0.25, 0.3) is 0 Å². The van der Waals surface area contributed by atoms with Crippen molar-refractivity contribution in [2.24, 2.45) is 0 Å². The molecule has 2 aromatic rings. The molecule has 2 amide bonds. The third-order valence-corrected chi connectivity index (χ3v) is 3.81. The number of hydrogen-bond acceptors (Lipinski definition) is 3. The van der Waals surface area contributed by atoms with E-state index in [9.17, 15) is 9.59 Å². The molecule has 0 bridgehead atoms. The highest BCUT2D eigenvalue weighted by atomic mass is 16.3. The summed E-state index contributed by atoms with van der Waals surface area (Å²) in [5.41, 5.74) is 1.62. The molecule has 1 aromatic heterocycles. The van der Waals surface area contributed by atoms with E-state index in [4.69, 9.17) is 4.42 Å². The van der Waals surface area contributed by atoms with Crippen LogP contribution >= 0.6 is 0 Å². The summed E-state index contributed by atoms with van der Waals surface area (Å²) in [5, 5.41) is 2.89. The normalized spacial score (nSPS) is 10.4. The molecule has 5 heteroatoms. The summed E-state index contributed by atoms with van der Waals surface area (Å²) in [7, 11) is 0. The molecule has 24 heavy (non-hydrogen) atoms. The zero-order valence-corrected chi connectivity index (χ0v) is 14.2. The number of nitrogens with zero attached hydrogens (tertiary/aromatic N) is 1. The lowest BCUT2D eigenvalue weighted by Crippen LogP contribution is -2.35. The Morgan fingerprint density at radius 2 is 1.88 bits per heavy atom. The van der Waals surface area contributed by atoms with Gasteiger partial charge in [-0.15, -0.1) is 0 Å². The quantitative estimate of drug-likeness (QED) is 0.810. The van der Waals surface area contributed by atoms with Crippen molar-refractivity contribution in [3.8, 4) is 0 Å². The molecule has 0 saturated heterocycles. The first-order chi connectivity index (χ1) is 11.6. The van der Waals surface area contributed by atoms with E-state index in [1.54, 1.807) is 17.9 Å². The van der Waals surface area contributed by atoms with Gasteiger partial charge in [-0.1, -0.05) is 37.3 Å². The van der Waals surface area contributed by atoms with E-state index in [0.29, 0.717) is 31.0 Å². The number of carbonyl (C=O) groups excluding carboxylic acids is 2. The number of carbonyl (C=O) groups is 2. The van der Waals surface area contributed by atoms with Crippen LogP contribution in [-0.2, 0) is 11.3 Å². The van der Waals surface area contributed by atoms with E-state index < -0.39 is 0 Å². The lowest BCUT2D eigenvalue weighted by Gasteiger charge is -2.21. The van der Waals surface area contributed by atoms with Crippen molar-refractivity contribution in [2.45, 2.75) is 33.2 Å². The van der Waals surface area contributed by atoms with Gasteiger partial charge in [0, 0.05) is 26.1 Å². The van der Waals surface area contributed by atoms with Crippen LogP contribution in [0.1, 0.15) is 41.4 Å². The van der Waals surface area contributed by atoms with Crippen molar-refractivity contribution in [1.29, 1.82) is 0 Å². The minimum atomic E-state index is -0.0843. The van der Waals surface area contributed by atoms with Gasteiger partial charge in [0.2, 0.25) is 5.91 Å². The van der Waals surface area contributed by atoms with Gasteiger partial charge in [0.05, 0.1) is 11.8 Å². The van der Waals surface area contributed by atoms with Crippen LogP contribution in [0.4, 0.5) is 0 Å². The maximum Gasteiger partial charge on any atom is 0.257 e. The van der Waals surface area contributed by atoms with Crippen LogP contribution in [0.15, 0.2) is 47.1 Å². The molecule has 0 saturated carbocycles. The number of aryl methyl sites for hydroxylation is 1. The van der Waals surface area contributed by atoms with Crippen LogP contribution in [0.3, 0.4) is 0 Å². The Morgan fingerprint density at radius 3 is 2.50 bits per heavy atom. The van der Waals surface area contributed by atoms with Gasteiger partial charge in [-0.3, -0.25) is 9.59 Å². The third-order valence-electron chi connectivity index (χ3n) is 3.81. The third kappa shape index (κ3) is 4.98. The second-order valence-corrected chi connectivity index (χ2v) is 5.69. The molecule has 0 fully saturated rings. The summed E-state index contributed by atoms with van der Waals surface area (Å²) in [6.45, 7) is 5.30. The number of benzene rings is 1. The molecule has 0 unspecified atom stereocenters. The van der Waals surface area contributed by atoms with Crippen molar-refractivity contribution in [3.63, 3.8) is 0 Å². The van der Waals surface area contributed by atoms with Gasteiger partial charge in [0.25, 0.3) is 5.91 Å². The molecule has 1 aromatic carbocycles. The standard InChI is InChI=1S/C19H24N2O3/c1-3-11-21(19(23)17-10-13-24-15(17)2)12-9-18(22)20-14-16-7-5-4-6-8-16/h4-8,10,13H,3,9,11-12,14H2,1-2H3,(H,20,22). The highest BCUT2D eigenvalue weighted by Gasteiger charge is 2.19. The Balaban J connectivity index is 1.85. The summed E-state index contributed by atoms with van der Waals surface area (Å²) in [6.07, 6.45) is 2.64. The molecule has 0 atom stereocenters. The summed E-state index contributed by atoms with van der Waals surface area (Å²) in [4.78, 5) is 26.3. The maximum atomic E-state index is 12.5. The van der Waals surface area contributed by atoms with Crippen LogP contribution in [0.2, 0.25) is 0 Å². The molecule has 0 spiro atoms. The van der Waals surface area contributed by atoms with E-state index in [1.807, 2.05) is 37.3 Å². The van der Waals surface area contributed by atoms with Gasteiger partial charge >= 0.3 is 0 Å². The highest BCUT2D eigenvalue weighted by molar-refractivity contribution is 5.95. The van der Waals surface area contributed by atoms with Gasteiger partial charge in [0.1, 0.15) is 5.76 Å². The minimum Gasteiger partial charge on any atom is -0.469 e. The fourth-order valence-corrected chi connectivity index (χ4v) is 2.48. The lowest BCUT2D eigenvalue weighted by molar-refractivity contribution is -0.121. The molecule has 5 nitrogen and oxygen atoms in total. The van der Waals surface area contributed by atoms with Gasteiger partial charge in [-0.25, -0.2) is 0 Å². The Morgan fingerprint density at radius 1 is 1.12 bits per heavy atom. The van der Waals surface area contributed by atoms with E-state index >= 15 is 0 Å². The molecule has 128 valence electrons. The fraction of sp³-hybridized carbons (Fsp3) is 0.368. The molecule has 0 aliphatic rings. The van der Waals surface area contributed by atoms with Crippen molar-refractivity contribution >= 4 is 11.8 Å². The molecular weight excluding hydrogens is 304 g/mol. The van der Waals surface area contributed by atoms with Gasteiger partial charge < -0.3 is 14.6 Å². The first-order valence-corrected chi connectivity index (χ1v) is 8.25. The van der Waals surface area contributed by atoms with E-state index in [1.165, 1.54) is 6.26 Å². The van der Waals surface area contributed by atoms with E-state index in [-0.39, 0.29) is 18.2 Å². The summed E-state index contributed by atoms with van der Waals surface area (Å²) >= 11 is 0. The first kappa shape index (κ1) is 17.8. The zero-order chi connectivity index (χ0) is 17.4. The van der Waals surface area contributed by atoms with Crippen molar-refractivity contribution < 1.29 is 14.0 Å². The van der Waals surface area contributed by atoms with Crippen molar-refractivity contribution in [3.05, 3.63) is 59.5 Å². The minimum absolute atomic E-state index is 0.0586. The molecular formula is C19H24N2O3. The Labute approximate surface area is 142 Å². The maximum absolute atomic E-state index is 12.5. The van der Waals surface area contributed by atoms with Gasteiger partial charge in [0.15, 0.2) is 0 Å². The second-order valence-electron chi connectivity index (χ2n) is 5.69. The monoisotopic (exact) mass is 328 g/mol. The second kappa shape index (κ2) is 8.91. The number of furan rings is 1. The van der Waals surface area contributed by atoms with Crippen LogP contribution in [0, 0.1) is 6.92 Å². The molecule has 2 rings (SSSR count). The SMILES string of the molecule is CCCN(CCC(=O)NCc1ccccc1)C(=O)c1ccoc1C. The Bertz CT molecular complexity index is 664. The molecule has 1 heterocycles. The Hall–Kier alpha value is -2.56. The fourth-order valence-electron chi connectivity index (χ4n) is 2.48. The average molecular weight is 328 g/mol.